The summed E-state index contributed by atoms with van der Waals surface area (Å²) >= 11 is 0. The van der Waals surface area contributed by atoms with Crippen LogP contribution in [0.15, 0.2) is 35.6 Å². The van der Waals surface area contributed by atoms with Gasteiger partial charge in [0.1, 0.15) is 27.6 Å². The van der Waals surface area contributed by atoms with Crippen molar-refractivity contribution in [3.8, 4) is 18.2 Å². The molecule has 1 aliphatic heterocycles. The standard InChI is InChI=1S/C23H24F2N4O3S/c1-6-14(2)32-20-12-27-19(11-28-20)18(25)10-15-7-8-17(24)16(9-15)23(5)13-33(30,31)22(3,4)21(26)29-23/h1,7-12,14H,13H2,2-5H3,(H2,26,29)/b18-10-/t14-,23-/m0/s1. The van der Waals surface area contributed by atoms with E-state index in [1.54, 1.807) is 6.92 Å². The third kappa shape index (κ3) is 4.73. The molecule has 2 heterocycles. The highest BCUT2D eigenvalue weighted by Crippen LogP contribution is 2.38. The molecule has 1 aliphatic rings. The Bertz CT molecular complexity index is 1280. The molecule has 3 rings (SSSR count). The molecule has 1 aromatic heterocycles. The lowest BCUT2D eigenvalue weighted by molar-refractivity contribution is 0.266. The molecule has 0 fully saturated rings. The molecule has 10 heteroatoms. The molecule has 2 N–H and O–H groups in total. The molecule has 0 saturated heterocycles. The first-order valence-electron chi connectivity index (χ1n) is 9.99. The van der Waals surface area contributed by atoms with Gasteiger partial charge in [0.25, 0.3) is 0 Å². The van der Waals surface area contributed by atoms with Crippen LogP contribution in [-0.4, -0.2) is 40.8 Å². The Balaban J connectivity index is 1.96. The topological polar surface area (TPSA) is 108 Å². The molecule has 1 aromatic carbocycles. The first-order valence-corrected chi connectivity index (χ1v) is 11.6. The van der Waals surface area contributed by atoms with Gasteiger partial charge in [0.15, 0.2) is 21.8 Å². The van der Waals surface area contributed by atoms with Crippen LogP contribution in [0.1, 0.15) is 44.5 Å². The first-order chi connectivity index (χ1) is 15.3. The number of rotatable bonds is 5. The van der Waals surface area contributed by atoms with Gasteiger partial charge >= 0.3 is 0 Å². The molecule has 0 aliphatic carbocycles. The number of nitrogens with two attached hydrogens (primary N) is 1. The highest BCUT2D eigenvalue weighted by atomic mass is 32.2. The number of nitrogens with zero attached hydrogens (tertiary/aromatic N) is 3. The van der Waals surface area contributed by atoms with Gasteiger partial charge in [-0.2, -0.15) is 0 Å². The number of sulfone groups is 1. The second-order valence-corrected chi connectivity index (χ2v) is 11.0. The number of aliphatic imine (C=N–C) groups is 1. The zero-order valence-corrected chi connectivity index (χ0v) is 19.5. The average molecular weight is 475 g/mol. The maximum atomic E-state index is 14.8. The Hall–Kier alpha value is -3.32. The molecule has 0 bridgehead atoms. The second-order valence-electron chi connectivity index (χ2n) is 8.44. The van der Waals surface area contributed by atoms with Crippen molar-refractivity contribution < 1.29 is 21.9 Å². The highest BCUT2D eigenvalue weighted by Gasteiger charge is 2.49. The Kier molecular flexibility index (Phi) is 6.31. The van der Waals surface area contributed by atoms with E-state index in [1.807, 2.05) is 0 Å². The fourth-order valence-corrected chi connectivity index (χ4v) is 4.95. The van der Waals surface area contributed by atoms with Gasteiger partial charge in [0, 0.05) is 5.56 Å². The number of terminal acetylenes is 1. The lowest BCUT2D eigenvalue weighted by Gasteiger charge is -2.38. The van der Waals surface area contributed by atoms with E-state index in [-0.39, 0.29) is 28.5 Å². The van der Waals surface area contributed by atoms with Crippen molar-refractivity contribution >= 4 is 27.6 Å². The first kappa shape index (κ1) is 24.3. The zero-order chi connectivity index (χ0) is 24.6. The van der Waals surface area contributed by atoms with E-state index in [9.17, 15) is 17.2 Å². The molecule has 0 radical (unpaired) electrons. The van der Waals surface area contributed by atoms with Crippen LogP contribution in [0, 0.1) is 18.2 Å². The van der Waals surface area contributed by atoms with Crippen molar-refractivity contribution in [2.24, 2.45) is 10.7 Å². The quantitative estimate of drug-likeness (QED) is 0.667. The Morgan fingerprint density at radius 2 is 2.00 bits per heavy atom. The van der Waals surface area contributed by atoms with E-state index in [2.05, 4.69) is 20.9 Å². The van der Waals surface area contributed by atoms with E-state index in [1.165, 1.54) is 45.3 Å². The normalized spacial score (nSPS) is 22.7. The van der Waals surface area contributed by atoms with Crippen LogP contribution in [0.2, 0.25) is 0 Å². The molecule has 7 nitrogen and oxygen atoms in total. The van der Waals surface area contributed by atoms with Crippen LogP contribution in [-0.2, 0) is 15.4 Å². The van der Waals surface area contributed by atoms with Crippen molar-refractivity contribution in [2.75, 3.05) is 5.75 Å². The lowest BCUT2D eigenvalue weighted by Crippen LogP contribution is -2.55. The van der Waals surface area contributed by atoms with Crippen LogP contribution in [0.3, 0.4) is 0 Å². The number of ether oxygens (including phenoxy) is 1. The van der Waals surface area contributed by atoms with Crippen LogP contribution in [0.4, 0.5) is 8.78 Å². The monoisotopic (exact) mass is 474 g/mol. The van der Waals surface area contributed by atoms with Gasteiger partial charge in [-0.25, -0.2) is 27.2 Å². The third-order valence-electron chi connectivity index (χ3n) is 5.50. The molecular weight excluding hydrogens is 450 g/mol. The Morgan fingerprint density at radius 3 is 2.58 bits per heavy atom. The molecule has 0 saturated carbocycles. The van der Waals surface area contributed by atoms with E-state index < -0.39 is 43.6 Å². The van der Waals surface area contributed by atoms with Gasteiger partial charge in [-0.3, -0.25) is 4.99 Å². The number of hydrogen-bond donors (Lipinski definition) is 1. The van der Waals surface area contributed by atoms with Crippen molar-refractivity contribution in [3.05, 3.63) is 53.2 Å². The summed E-state index contributed by atoms with van der Waals surface area (Å²) < 4.78 is 59.0. The van der Waals surface area contributed by atoms with Gasteiger partial charge < -0.3 is 10.5 Å². The zero-order valence-electron chi connectivity index (χ0n) is 18.6. The summed E-state index contributed by atoms with van der Waals surface area (Å²) in [4.78, 5) is 12.2. The summed E-state index contributed by atoms with van der Waals surface area (Å²) in [7, 11) is -3.73. The number of hydrogen-bond acceptors (Lipinski definition) is 7. The van der Waals surface area contributed by atoms with Crippen LogP contribution < -0.4 is 10.5 Å². The number of aromatic nitrogens is 2. The third-order valence-corrected chi connectivity index (χ3v) is 8.21. The van der Waals surface area contributed by atoms with Gasteiger partial charge in [-0.15, -0.1) is 6.42 Å². The minimum absolute atomic E-state index is 0.0100. The lowest BCUT2D eigenvalue weighted by atomic mass is 9.91. The van der Waals surface area contributed by atoms with Gasteiger partial charge in [-0.05, 0) is 51.5 Å². The number of benzene rings is 1. The molecule has 174 valence electrons. The summed E-state index contributed by atoms with van der Waals surface area (Å²) in [5.74, 6) is 0.557. The van der Waals surface area contributed by atoms with Crippen LogP contribution in [0.5, 0.6) is 5.88 Å². The summed E-state index contributed by atoms with van der Waals surface area (Å²) in [5.41, 5.74) is 4.67. The SMILES string of the molecule is C#C[C@H](C)Oc1cnc(/C(F)=C/c2ccc(F)c([C@]3(C)CS(=O)(=O)C(C)(C)C(N)=N3)c2)cn1. The van der Waals surface area contributed by atoms with Gasteiger partial charge in [0.05, 0.1) is 18.1 Å². The minimum atomic E-state index is -3.73. The van der Waals surface area contributed by atoms with Crippen molar-refractivity contribution in [1.29, 1.82) is 0 Å². The maximum absolute atomic E-state index is 14.8. The number of halogens is 2. The molecule has 0 unspecified atom stereocenters. The van der Waals surface area contributed by atoms with Crippen LogP contribution in [0.25, 0.3) is 11.9 Å². The Labute approximate surface area is 191 Å². The maximum Gasteiger partial charge on any atom is 0.233 e. The molecule has 2 atom stereocenters. The van der Waals surface area contributed by atoms with Crippen molar-refractivity contribution in [3.63, 3.8) is 0 Å². The number of amidine groups is 1. The van der Waals surface area contributed by atoms with Crippen molar-refractivity contribution in [1.82, 2.24) is 9.97 Å². The highest BCUT2D eigenvalue weighted by molar-refractivity contribution is 7.93. The largest absolute Gasteiger partial charge is 0.460 e. The predicted octanol–water partition coefficient (Wildman–Crippen LogP) is 3.26. The Morgan fingerprint density at radius 1 is 1.30 bits per heavy atom. The van der Waals surface area contributed by atoms with E-state index >= 15 is 0 Å². The van der Waals surface area contributed by atoms with Crippen molar-refractivity contribution in [2.45, 2.75) is 44.1 Å². The van der Waals surface area contributed by atoms with E-state index in [0.29, 0.717) is 0 Å². The average Bonchev–Trinajstić information content (AvgIpc) is 2.73. The summed E-state index contributed by atoms with van der Waals surface area (Å²) in [6.07, 6.45) is 8.27. The fraction of sp³-hybridized carbons (Fsp3) is 0.348. The minimum Gasteiger partial charge on any atom is -0.460 e. The summed E-state index contributed by atoms with van der Waals surface area (Å²) in [6.45, 7) is 6.04. The van der Waals surface area contributed by atoms with Gasteiger partial charge in [0.2, 0.25) is 5.88 Å². The van der Waals surface area contributed by atoms with E-state index in [0.717, 1.165) is 12.1 Å². The molecule has 0 amide bonds. The predicted molar refractivity (Wildman–Crippen MR) is 123 cm³/mol. The summed E-state index contributed by atoms with van der Waals surface area (Å²) in [5, 5.41) is 0. The molecule has 0 spiro atoms. The second kappa shape index (κ2) is 8.56. The van der Waals surface area contributed by atoms with Gasteiger partial charge in [-0.1, -0.05) is 12.0 Å². The molecule has 33 heavy (non-hydrogen) atoms. The van der Waals surface area contributed by atoms with E-state index in [4.69, 9.17) is 16.9 Å². The smallest absolute Gasteiger partial charge is 0.233 e. The fourth-order valence-electron chi connectivity index (χ4n) is 3.26. The summed E-state index contributed by atoms with van der Waals surface area (Å²) in [6, 6.07) is 3.83. The molecule has 2 aromatic rings. The van der Waals surface area contributed by atoms with Crippen LogP contribution >= 0.6 is 0 Å². The molecular formula is C23H24F2N4O3S.